The molecule has 1 N–H and O–H groups in total. The third-order valence-electron chi connectivity index (χ3n) is 3.80. The number of nitrogens with one attached hydrogen (secondary N) is 1. The molecule has 0 radical (unpaired) electrons. The van der Waals surface area contributed by atoms with Crippen molar-refractivity contribution in [2.75, 3.05) is 0 Å². The van der Waals surface area contributed by atoms with Crippen LogP contribution in [0.25, 0.3) is 6.08 Å². The highest BCUT2D eigenvalue weighted by molar-refractivity contribution is 5.92. The van der Waals surface area contributed by atoms with Crippen molar-refractivity contribution < 1.29 is 4.79 Å². The van der Waals surface area contributed by atoms with Crippen LogP contribution in [0.5, 0.6) is 0 Å². The van der Waals surface area contributed by atoms with E-state index in [2.05, 4.69) is 18.3 Å². The molecule has 1 saturated carbocycles. The molecule has 102 valence electrons. The molecule has 1 amide bonds. The Morgan fingerprint density at radius 3 is 2.53 bits per heavy atom. The van der Waals surface area contributed by atoms with Gasteiger partial charge in [0.15, 0.2) is 0 Å². The summed E-state index contributed by atoms with van der Waals surface area (Å²) < 4.78 is 0. The minimum atomic E-state index is 0.0372. The van der Waals surface area contributed by atoms with Gasteiger partial charge in [0.25, 0.3) is 0 Å². The maximum Gasteiger partial charge on any atom is 0.244 e. The van der Waals surface area contributed by atoms with Crippen LogP contribution < -0.4 is 5.32 Å². The van der Waals surface area contributed by atoms with Gasteiger partial charge in [0.2, 0.25) is 5.91 Å². The van der Waals surface area contributed by atoms with Crippen LogP contribution in [0.1, 0.15) is 49.7 Å². The van der Waals surface area contributed by atoms with Gasteiger partial charge in [0, 0.05) is 12.1 Å². The molecule has 0 heterocycles. The van der Waals surface area contributed by atoms with Crippen molar-refractivity contribution in [1.82, 2.24) is 5.32 Å². The SMILES string of the molecule is Cc1ccccc1/C=C/C(=O)NC1CCCCCC1. The van der Waals surface area contributed by atoms with E-state index in [1.165, 1.54) is 31.2 Å². The molecule has 1 fully saturated rings. The number of rotatable bonds is 3. The quantitative estimate of drug-likeness (QED) is 0.647. The highest BCUT2D eigenvalue weighted by Gasteiger charge is 2.13. The van der Waals surface area contributed by atoms with Crippen LogP contribution in [-0.2, 0) is 4.79 Å². The number of hydrogen-bond acceptors (Lipinski definition) is 1. The summed E-state index contributed by atoms with van der Waals surface area (Å²) in [6.45, 7) is 2.06. The number of benzene rings is 1. The topological polar surface area (TPSA) is 29.1 Å². The van der Waals surface area contributed by atoms with Crippen molar-refractivity contribution in [2.45, 2.75) is 51.5 Å². The van der Waals surface area contributed by atoms with Gasteiger partial charge < -0.3 is 5.32 Å². The molecule has 0 unspecified atom stereocenters. The van der Waals surface area contributed by atoms with Crippen molar-refractivity contribution in [3.63, 3.8) is 0 Å². The van der Waals surface area contributed by atoms with Gasteiger partial charge in [-0.1, -0.05) is 49.9 Å². The molecular weight excluding hydrogens is 234 g/mol. The Balaban J connectivity index is 1.88. The maximum atomic E-state index is 11.9. The van der Waals surface area contributed by atoms with E-state index >= 15 is 0 Å². The summed E-state index contributed by atoms with van der Waals surface area (Å²) in [7, 11) is 0. The highest BCUT2D eigenvalue weighted by Crippen LogP contribution is 2.17. The summed E-state index contributed by atoms with van der Waals surface area (Å²) in [6.07, 6.45) is 10.9. The van der Waals surface area contributed by atoms with Crippen LogP contribution in [-0.4, -0.2) is 11.9 Å². The number of carbonyl (C=O) groups excluding carboxylic acids is 1. The van der Waals surface area contributed by atoms with Crippen LogP contribution in [0, 0.1) is 6.92 Å². The third kappa shape index (κ3) is 4.55. The molecule has 2 nitrogen and oxygen atoms in total. The first-order valence-electron chi connectivity index (χ1n) is 7.30. The molecule has 19 heavy (non-hydrogen) atoms. The average Bonchev–Trinajstić information content (AvgIpc) is 2.66. The normalized spacial score (nSPS) is 17.3. The molecule has 0 spiro atoms. The Labute approximate surface area is 115 Å². The number of aryl methyl sites for hydroxylation is 1. The fourth-order valence-electron chi connectivity index (χ4n) is 2.61. The van der Waals surface area contributed by atoms with E-state index in [0.29, 0.717) is 6.04 Å². The molecule has 1 aromatic carbocycles. The highest BCUT2D eigenvalue weighted by atomic mass is 16.1. The van der Waals surface area contributed by atoms with Crippen LogP contribution in [0.15, 0.2) is 30.3 Å². The van der Waals surface area contributed by atoms with Crippen molar-refractivity contribution in [2.24, 2.45) is 0 Å². The summed E-state index contributed by atoms with van der Waals surface area (Å²) in [5, 5.41) is 3.12. The van der Waals surface area contributed by atoms with Crippen molar-refractivity contribution >= 4 is 12.0 Å². The zero-order valence-electron chi connectivity index (χ0n) is 11.7. The Kier molecular flexibility index (Phi) is 5.20. The zero-order chi connectivity index (χ0) is 13.5. The summed E-state index contributed by atoms with van der Waals surface area (Å²) in [5.41, 5.74) is 2.31. The first kappa shape index (κ1) is 13.9. The van der Waals surface area contributed by atoms with E-state index in [4.69, 9.17) is 0 Å². The molecule has 0 saturated heterocycles. The summed E-state index contributed by atoms with van der Waals surface area (Å²) >= 11 is 0. The standard InChI is InChI=1S/C17H23NO/c1-14-8-6-7-9-15(14)12-13-17(19)18-16-10-4-2-3-5-11-16/h6-9,12-13,16H,2-5,10-11H2,1H3,(H,18,19)/b13-12+. The number of amides is 1. The maximum absolute atomic E-state index is 11.9. The van der Waals surface area contributed by atoms with Gasteiger partial charge in [-0.15, -0.1) is 0 Å². The Bertz CT molecular complexity index is 442. The second-order valence-electron chi connectivity index (χ2n) is 5.39. The first-order chi connectivity index (χ1) is 9.25. The summed E-state index contributed by atoms with van der Waals surface area (Å²) in [5.74, 6) is 0.0372. The molecule has 2 heteroatoms. The molecular formula is C17H23NO. The molecule has 0 aromatic heterocycles. The lowest BCUT2D eigenvalue weighted by Crippen LogP contribution is -2.33. The van der Waals surface area contributed by atoms with Crippen LogP contribution in [0.4, 0.5) is 0 Å². The monoisotopic (exact) mass is 257 g/mol. The van der Waals surface area contributed by atoms with E-state index in [1.807, 2.05) is 24.3 Å². The van der Waals surface area contributed by atoms with Gasteiger partial charge in [-0.3, -0.25) is 4.79 Å². The second-order valence-corrected chi connectivity index (χ2v) is 5.39. The summed E-state index contributed by atoms with van der Waals surface area (Å²) in [4.78, 5) is 11.9. The fourth-order valence-corrected chi connectivity index (χ4v) is 2.61. The van der Waals surface area contributed by atoms with E-state index in [1.54, 1.807) is 6.08 Å². The predicted octanol–water partition coefficient (Wildman–Crippen LogP) is 3.85. The third-order valence-corrected chi connectivity index (χ3v) is 3.80. The molecule has 0 aliphatic heterocycles. The van der Waals surface area contributed by atoms with Crippen LogP contribution >= 0.6 is 0 Å². The lowest BCUT2D eigenvalue weighted by molar-refractivity contribution is -0.117. The summed E-state index contributed by atoms with van der Waals surface area (Å²) in [6, 6.07) is 8.47. The van der Waals surface area contributed by atoms with E-state index in [0.717, 1.165) is 18.4 Å². The minimum absolute atomic E-state index is 0.0372. The average molecular weight is 257 g/mol. The fraction of sp³-hybridized carbons (Fsp3) is 0.471. The zero-order valence-corrected chi connectivity index (χ0v) is 11.7. The number of hydrogen-bond donors (Lipinski definition) is 1. The largest absolute Gasteiger partial charge is 0.350 e. The van der Waals surface area contributed by atoms with Gasteiger partial charge in [-0.25, -0.2) is 0 Å². The number of carbonyl (C=O) groups is 1. The van der Waals surface area contributed by atoms with Crippen LogP contribution in [0.3, 0.4) is 0 Å². The van der Waals surface area contributed by atoms with Crippen molar-refractivity contribution in [3.05, 3.63) is 41.5 Å². The Hall–Kier alpha value is -1.57. The van der Waals surface area contributed by atoms with E-state index in [-0.39, 0.29) is 5.91 Å². The molecule has 1 aliphatic rings. The molecule has 1 aliphatic carbocycles. The van der Waals surface area contributed by atoms with E-state index < -0.39 is 0 Å². The lowest BCUT2D eigenvalue weighted by atomic mass is 10.1. The van der Waals surface area contributed by atoms with Crippen molar-refractivity contribution in [3.8, 4) is 0 Å². The Morgan fingerprint density at radius 2 is 1.84 bits per heavy atom. The van der Waals surface area contributed by atoms with Gasteiger partial charge in [0.1, 0.15) is 0 Å². The molecule has 2 rings (SSSR count). The molecule has 0 bridgehead atoms. The molecule has 1 aromatic rings. The van der Waals surface area contributed by atoms with Crippen molar-refractivity contribution in [1.29, 1.82) is 0 Å². The van der Waals surface area contributed by atoms with Gasteiger partial charge in [-0.2, -0.15) is 0 Å². The van der Waals surface area contributed by atoms with Gasteiger partial charge in [-0.05, 0) is 37.0 Å². The molecule has 0 atom stereocenters. The van der Waals surface area contributed by atoms with Crippen LogP contribution in [0.2, 0.25) is 0 Å². The minimum Gasteiger partial charge on any atom is -0.350 e. The van der Waals surface area contributed by atoms with Gasteiger partial charge >= 0.3 is 0 Å². The van der Waals surface area contributed by atoms with Gasteiger partial charge in [0.05, 0.1) is 0 Å². The lowest BCUT2D eigenvalue weighted by Gasteiger charge is -2.14. The second kappa shape index (κ2) is 7.13. The smallest absolute Gasteiger partial charge is 0.244 e. The Morgan fingerprint density at radius 1 is 1.16 bits per heavy atom. The predicted molar refractivity (Wildman–Crippen MR) is 79.8 cm³/mol. The van der Waals surface area contributed by atoms with E-state index in [9.17, 15) is 4.79 Å². The first-order valence-corrected chi connectivity index (χ1v) is 7.30.